The standard InChI is InChI=1S/C22H18N2O5S/c1-14(21(26)24-22-23-17(12-30-22)16-5-3-2-4-6-16)29-20(25)10-8-15-7-9-18-19(11-15)28-13-27-18/h2-12,14H,13H2,1H3,(H,23,24,26)/b10-8+. The van der Waals surface area contributed by atoms with Crippen LogP contribution in [0.2, 0.25) is 0 Å². The highest BCUT2D eigenvalue weighted by atomic mass is 32.1. The summed E-state index contributed by atoms with van der Waals surface area (Å²) in [6, 6.07) is 15.0. The Labute approximate surface area is 176 Å². The van der Waals surface area contributed by atoms with Crippen LogP contribution in [0.25, 0.3) is 17.3 Å². The minimum atomic E-state index is -0.969. The number of anilines is 1. The first-order chi connectivity index (χ1) is 14.6. The van der Waals surface area contributed by atoms with Gasteiger partial charge in [-0.2, -0.15) is 0 Å². The van der Waals surface area contributed by atoms with Gasteiger partial charge in [-0.15, -0.1) is 11.3 Å². The van der Waals surface area contributed by atoms with E-state index in [1.165, 1.54) is 24.3 Å². The number of ether oxygens (including phenoxy) is 3. The summed E-state index contributed by atoms with van der Waals surface area (Å²) in [4.78, 5) is 28.8. The number of fused-ring (bicyclic) bond motifs is 1. The summed E-state index contributed by atoms with van der Waals surface area (Å²) >= 11 is 1.31. The largest absolute Gasteiger partial charge is 0.454 e. The average Bonchev–Trinajstić information content (AvgIpc) is 3.42. The van der Waals surface area contributed by atoms with Crippen LogP contribution in [0.1, 0.15) is 12.5 Å². The van der Waals surface area contributed by atoms with Gasteiger partial charge in [-0.05, 0) is 30.7 Å². The van der Waals surface area contributed by atoms with Crippen molar-refractivity contribution in [2.24, 2.45) is 0 Å². The molecule has 3 aromatic rings. The van der Waals surface area contributed by atoms with Gasteiger partial charge in [0.1, 0.15) is 0 Å². The van der Waals surface area contributed by atoms with E-state index in [4.69, 9.17) is 14.2 Å². The predicted octanol–water partition coefficient (Wildman–Crippen LogP) is 4.12. The number of carbonyl (C=O) groups is 2. The Balaban J connectivity index is 1.31. The Morgan fingerprint density at radius 3 is 2.80 bits per heavy atom. The summed E-state index contributed by atoms with van der Waals surface area (Å²) in [5.74, 6) is 0.211. The molecule has 8 heteroatoms. The topological polar surface area (TPSA) is 86.8 Å². The lowest BCUT2D eigenvalue weighted by Crippen LogP contribution is -2.29. The number of benzene rings is 2. The molecule has 2 aromatic carbocycles. The predicted molar refractivity (Wildman–Crippen MR) is 113 cm³/mol. The van der Waals surface area contributed by atoms with E-state index in [0.717, 1.165) is 16.8 Å². The molecule has 1 aliphatic rings. The molecular weight excluding hydrogens is 404 g/mol. The van der Waals surface area contributed by atoms with E-state index in [-0.39, 0.29) is 6.79 Å². The Hall–Kier alpha value is -3.65. The lowest BCUT2D eigenvalue weighted by molar-refractivity contribution is -0.148. The van der Waals surface area contributed by atoms with Crippen LogP contribution in [0.15, 0.2) is 60.0 Å². The molecule has 0 aliphatic carbocycles. The Bertz CT molecular complexity index is 1090. The monoisotopic (exact) mass is 422 g/mol. The van der Waals surface area contributed by atoms with E-state index in [0.29, 0.717) is 16.6 Å². The second kappa shape index (κ2) is 8.79. The maximum Gasteiger partial charge on any atom is 0.331 e. The Morgan fingerprint density at radius 1 is 1.17 bits per heavy atom. The van der Waals surface area contributed by atoms with Gasteiger partial charge in [-0.3, -0.25) is 10.1 Å². The van der Waals surface area contributed by atoms with Crippen LogP contribution in [0, 0.1) is 0 Å². The van der Waals surface area contributed by atoms with Crippen LogP contribution in [-0.4, -0.2) is 29.8 Å². The van der Waals surface area contributed by atoms with Gasteiger partial charge in [0.25, 0.3) is 5.91 Å². The maximum atomic E-state index is 12.3. The molecule has 30 heavy (non-hydrogen) atoms. The number of hydrogen-bond donors (Lipinski definition) is 1. The number of thiazole rings is 1. The van der Waals surface area contributed by atoms with E-state index >= 15 is 0 Å². The molecule has 0 fully saturated rings. The van der Waals surface area contributed by atoms with Crippen molar-refractivity contribution in [2.75, 3.05) is 12.1 Å². The van der Waals surface area contributed by atoms with E-state index in [2.05, 4.69) is 10.3 Å². The third kappa shape index (κ3) is 4.66. The van der Waals surface area contributed by atoms with Crippen LogP contribution in [-0.2, 0) is 14.3 Å². The molecule has 0 saturated carbocycles. The fourth-order valence-corrected chi connectivity index (χ4v) is 3.45. The Kier molecular flexibility index (Phi) is 5.76. The second-order valence-electron chi connectivity index (χ2n) is 6.42. The second-order valence-corrected chi connectivity index (χ2v) is 7.28. The van der Waals surface area contributed by atoms with Crippen molar-refractivity contribution in [1.29, 1.82) is 0 Å². The minimum absolute atomic E-state index is 0.184. The van der Waals surface area contributed by atoms with Gasteiger partial charge in [0.05, 0.1) is 5.69 Å². The highest BCUT2D eigenvalue weighted by molar-refractivity contribution is 7.14. The number of amides is 1. The summed E-state index contributed by atoms with van der Waals surface area (Å²) in [5.41, 5.74) is 2.49. The van der Waals surface area contributed by atoms with Gasteiger partial charge in [0, 0.05) is 17.0 Å². The van der Waals surface area contributed by atoms with Crippen molar-refractivity contribution in [1.82, 2.24) is 4.98 Å². The molecule has 0 bridgehead atoms. The summed E-state index contributed by atoms with van der Waals surface area (Å²) in [6.07, 6.45) is 1.88. The van der Waals surface area contributed by atoms with Crippen molar-refractivity contribution in [2.45, 2.75) is 13.0 Å². The van der Waals surface area contributed by atoms with Crippen molar-refractivity contribution in [3.8, 4) is 22.8 Å². The molecular formula is C22H18N2O5S. The SMILES string of the molecule is CC(OC(=O)/C=C/c1ccc2c(c1)OCO2)C(=O)Nc1nc(-c2ccccc2)cs1. The first kappa shape index (κ1) is 19.7. The molecule has 0 spiro atoms. The Morgan fingerprint density at radius 2 is 1.97 bits per heavy atom. The zero-order chi connectivity index (χ0) is 20.9. The lowest BCUT2D eigenvalue weighted by Gasteiger charge is -2.10. The van der Waals surface area contributed by atoms with E-state index in [1.54, 1.807) is 24.3 Å². The van der Waals surface area contributed by atoms with E-state index < -0.39 is 18.0 Å². The maximum absolute atomic E-state index is 12.3. The smallest absolute Gasteiger partial charge is 0.331 e. The van der Waals surface area contributed by atoms with Gasteiger partial charge >= 0.3 is 5.97 Å². The quantitative estimate of drug-likeness (QED) is 0.475. The number of esters is 1. The van der Waals surface area contributed by atoms with Crippen LogP contribution in [0.3, 0.4) is 0 Å². The molecule has 2 heterocycles. The summed E-state index contributed by atoms with van der Waals surface area (Å²) in [6.45, 7) is 1.69. The summed E-state index contributed by atoms with van der Waals surface area (Å²) in [7, 11) is 0. The van der Waals surface area contributed by atoms with Crippen molar-refractivity contribution in [3.63, 3.8) is 0 Å². The molecule has 1 atom stereocenters. The molecule has 0 radical (unpaired) electrons. The van der Waals surface area contributed by atoms with Gasteiger partial charge in [0.2, 0.25) is 6.79 Å². The zero-order valence-corrected chi connectivity index (χ0v) is 16.8. The molecule has 1 unspecified atom stereocenters. The number of carbonyl (C=O) groups excluding carboxylic acids is 2. The molecule has 1 N–H and O–H groups in total. The van der Waals surface area contributed by atoms with Crippen LogP contribution >= 0.6 is 11.3 Å². The average molecular weight is 422 g/mol. The van der Waals surface area contributed by atoms with E-state index in [9.17, 15) is 9.59 Å². The number of rotatable bonds is 6. The molecule has 152 valence electrons. The fourth-order valence-electron chi connectivity index (χ4n) is 2.73. The lowest BCUT2D eigenvalue weighted by atomic mass is 10.2. The fraction of sp³-hybridized carbons (Fsp3) is 0.136. The molecule has 7 nitrogen and oxygen atoms in total. The summed E-state index contributed by atoms with van der Waals surface area (Å²) in [5, 5.41) is 4.98. The van der Waals surface area contributed by atoms with Gasteiger partial charge in [-0.25, -0.2) is 9.78 Å². The van der Waals surface area contributed by atoms with Crippen LogP contribution < -0.4 is 14.8 Å². The highest BCUT2D eigenvalue weighted by Gasteiger charge is 2.18. The van der Waals surface area contributed by atoms with Crippen molar-refractivity contribution in [3.05, 3.63) is 65.6 Å². The van der Waals surface area contributed by atoms with Crippen molar-refractivity contribution < 1.29 is 23.8 Å². The number of nitrogens with one attached hydrogen (secondary N) is 1. The number of hydrogen-bond acceptors (Lipinski definition) is 7. The van der Waals surface area contributed by atoms with Crippen LogP contribution in [0.4, 0.5) is 5.13 Å². The molecule has 1 aliphatic heterocycles. The first-order valence-corrected chi connectivity index (χ1v) is 10.1. The van der Waals surface area contributed by atoms with Gasteiger partial charge in [-0.1, -0.05) is 36.4 Å². The molecule has 1 aromatic heterocycles. The van der Waals surface area contributed by atoms with Crippen molar-refractivity contribution >= 4 is 34.4 Å². The van der Waals surface area contributed by atoms with Gasteiger partial charge < -0.3 is 14.2 Å². The highest BCUT2D eigenvalue weighted by Crippen LogP contribution is 2.32. The van der Waals surface area contributed by atoms with Crippen LogP contribution in [0.5, 0.6) is 11.5 Å². The third-order valence-electron chi connectivity index (χ3n) is 4.27. The summed E-state index contributed by atoms with van der Waals surface area (Å²) < 4.78 is 15.7. The first-order valence-electron chi connectivity index (χ1n) is 9.18. The van der Waals surface area contributed by atoms with E-state index in [1.807, 2.05) is 35.7 Å². The normalized spacial score (nSPS) is 13.2. The third-order valence-corrected chi connectivity index (χ3v) is 5.03. The number of aromatic nitrogens is 1. The minimum Gasteiger partial charge on any atom is -0.454 e. The molecule has 4 rings (SSSR count). The number of nitrogens with zero attached hydrogens (tertiary/aromatic N) is 1. The molecule has 0 saturated heterocycles. The molecule has 1 amide bonds. The zero-order valence-electron chi connectivity index (χ0n) is 16.0. The van der Waals surface area contributed by atoms with Gasteiger partial charge in [0.15, 0.2) is 22.7 Å².